The van der Waals surface area contributed by atoms with Crippen LogP contribution in [0.4, 0.5) is 11.4 Å². The van der Waals surface area contributed by atoms with E-state index in [0.29, 0.717) is 0 Å². The van der Waals surface area contributed by atoms with E-state index < -0.39 is 10.1 Å². The molecule has 0 aliphatic rings. The van der Waals surface area contributed by atoms with Crippen molar-refractivity contribution in [2.45, 2.75) is 4.90 Å². The Hall–Kier alpha value is -1.85. The number of nitrogens with one attached hydrogen (secondary N) is 1. The lowest BCUT2D eigenvalue weighted by Gasteiger charge is -2.09. The first-order chi connectivity index (χ1) is 8.05. The van der Waals surface area contributed by atoms with Crippen molar-refractivity contribution in [3.05, 3.63) is 54.6 Å². The maximum Gasteiger partial charge on any atom is 0.124 e. The Morgan fingerprint density at radius 1 is 0.824 bits per heavy atom. The van der Waals surface area contributed by atoms with Crippen LogP contribution in [0.5, 0.6) is 0 Å². The van der Waals surface area contributed by atoms with Crippen LogP contribution >= 0.6 is 0 Å². The highest BCUT2D eigenvalue weighted by molar-refractivity contribution is 7.85. The van der Waals surface area contributed by atoms with E-state index in [2.05, 4.69) is 5.32 Å². The molecule has 0 aromatic heterocycles. The minimum absolute atomic E-state index is 0.226. The minimum Gasteiger partial charge on any atom is -0.744 e. The van der Waals surface area contributed by atoms with Gasteiger partial charge in [0, 0.05) is 11.4 Å². The summed E-state index contributed by atoms with van der Waals surface area (Å²) in [6.45, 7) is 0. The molecule has 0 spiro atoms. The zero-order valence-corrected chi connectivity index (χ0v) is 9.65. The number of para-hydroxylation sites is 1. The van der Waals surface area contributed by atoms with Crippen molar-refractivity contribution >= 4 is 21.5 Å². The zero-order valence-electron chi connectivity index (χ0n) is 8.83. The molecule has 0 amide bonds. The van der Waals surface area contributed by atoms with Gasteiger partial charge in [0.1, 0.15) is 10.1 Å². The first kappa shape index (κ1) is 11.6. The molecular weight excluding hydrogens is 238 g/mol. The maximum absolute atomic E-state index is 10.7. The second-order valence-electron chi connectivity index (χ2n) is 3.47. The molecule has 0 saturated carbocycles. The van der Waals surface area contributed by atoms with Crippen LogP contribution < -0.4 is 5.32 Å². The van der Waals surface area contributed by atoms with Crippen molar-refractivity contribution in [1.29, 1.82) is 0 Å². The standard InChI is InChI=1S/C12H11NO3S/c14-17(15,16)12-8-6-11(7-9-12)13-10-4-2-1-3-5-10/h1-9,13H,(H,14,15,16)/p-1. The van der Waals surface area contributed by atoms with Gasteiger partial charge in [-0.3, -0.25) is 0 Å². The van der Waals surface area contributed by atoms with Crippen LogP contribution in [0.2, 0.25) is 0 Å². The van der Waals surface area contributed by atoms with Gasteiger partial charge in [-0.25, -0.2) is 8.42 Å². The largest absolute Gasteiger partial charge is 0.744 e. The van der Waals surface area contributed by atoms with E-state index in [1.54, 1.807) is 12.1 Å². The van der Waals surface area contributed by atoms with Crippen molar-refractivity contribution in [2.75, 3.05) is 5.32 Å². The second kappa shape index (κ2) is 4.57. The molecule has 2 aromatic carbocycles. The number of hydrogen-bond donors (Lipinski definition) is 1. The molecule has 0 atom stereocenters. The maximum atomic E-state index is 10.7. The average Bonchev–Trinajstić information content (AvgIpc) is 2.30. The highest BCUT2D eigenvalue weighted by atomic mass is 32.2. The van der Waals surface area contributed by atoms with Crippen LogP contribution in [-0.4, -0.2) is 13.0 Å². The Balaban J connectivity index is 2.20. The van der Waals surface area contributed by atoms with Crippen molar-refractivity contribution in [2.24, 2.45) is 0 Å². The van der Waals surface area contributed by atoms with E-state index in [-0.39, 0.29) is 4.90 Å². The third kappa shape index (κ3) is 3.05. The summed E-state index contributed by atoms with van der Waals surface area (Å²) in [5.41, 5.74) is 1.62. The van der Waals surface area contributed by atoms with Gasteiger partial charge in [-0.2, -0.15) is 0 Å². The summed E-state index contributed by atoms with van der Waals surface area (Å²) in [4.78, 5) is -0.226. The second-order valence-corrected chi connectivity index (χ2v) is 4.85. The summed E-state index contributed by atoms with van der Waals surface area (Å²) in [7, 11) is -4.37. The van der Waals surface area contributed by atoms with Crippen LogP contribution in [0, 0.1) is 0 Å². The SMILES string of the molecule is O=S(=O)([O-])c1ccc(Nc2ccccc2)cc1. The van der Waals surface area contributed by atoms with E-state index in [9.17, 15) is 13.0 Å². The van der Waals surface area contributed by atoms with Gasteiger partial charge in [-0.05, 0) is 36.4 Å². The first-order valence-electron chi connectivity index (χ1n) is 4.94. The summed E-state index contributed by atoms with van der Waals surface area (Å²) in [5.74, 6) is 0. The Kier molecular flexibility index (Phi) is 3.12. The normalized spacial score (nSPS) is 11.1. The molecule has 2 aromatic rings. The zero-order chi connectivity index (χ0) is 12.3. The van der Waals surface area contributed by atoms with Gasteiger partial charge < -0.3 is 9.87 Å². The fourth-order valence-corrected chi connectivity index (χ4v) is 1.86. The Morgan fingerprint density at radius 2 is 1.35 bits per heavy atom. The molecule has 88 valence electrons. The Morgan fingerprint density at radius 3 is 1.88 bits per heavy atom. The van der Waals surface area contributed by atoms with Crippen molar-refractivity contribution in [1.82, 2.24) is 0 Å². The average molecular weight is 248 g/mol. The van der Waals surface area contributed by atoms with Gasteiger partial charge in [-0.15, -0.1) is 0 Å². The summed E-state index contributed by atoms with van der Waals surface area (Å²) in [6, 6.07) is 15.1. The lowest BCUT2D eigenvalue weighted by Crippen LogP contribution is -1.98. The lowest BCUT2D eigenvalue weighted by molar-refractivity contribution is 0.463. The van der Waals surface area contributed by atoms with E-state index in [0.717, 1.165) is 11.4 Å². The molecule has 17 heavy (non-hydrogen) atoms. The summed E-state index contributed by atoms with van der Waals surface area (Å²) in [5, 5.41) is 3.09. The van der Waals surface area contributed by atoms with Crippen LogP contribution in [0.15, 0.2) is 59.5 Å². The fourth-order valence-electron chi connectivity index (χ4n) is 1.39. The van der Waals surface area contributed by atoms with E-state index in [1.165, 1.54) is 12.1 Å². The van der Waals surface area contributed by atoms with Gasteiger partial charge in [0.15, 0.2) is 0 Å². The lowest BCUT2D eigenvalue weighted by atomic mass is 10.3. The summed E-state index contributed by atoms with van der Waals surface area (Å²) < 4.78 is 32.2. The first-order valence-corrected chi connectivity index (χ1v) is 6.34. The molecular formula is C12H10NO3S-. The van der Waals surface area contributed by atoms with Gasteiger partial charge in [0.25, 0.3) is 0 Å². The molecule has 0 saturated heterocycles. The Labute approximate surface area is 99.7 Å². The predicted molar refractivity (Wildman–Crippen MR) is 64.1 cm³/mol. The van der Waals surface area contributed by atoms with Crippen molar-refractivity contribution in [3.63, 3.8) is 0 Å². The molecule has 0 aliphatic carbocycles. The molecule has 2 rings (SSSR count). The minimum atomic E-state index is -4.37. The van der Waals surface area contributed by atoms with Crippen LogP contribution in [0.3, 0.4) is 0 Å². The fraction of sp³-hybridized carbons (Fsp3) is 0. The van der Waals surface area contributed by atoms with E-state index in [4.69, 9.17) is 0 Å². The number of hydrogen-bond acceptors (Lipinski definition) is 4. The third-order valence-electron chi connectivity index (χ3n) is 2.21. The van der Waals surface area contributed by atoms with Gasteiger partial charge in [0.2, 0.25) is 0 Å². The summed E-state index contributed by atoms with van der Waals surface area (Å²) in [6.07, 6.45) is 0. The third-order valence-corrected chi connectivity index (χ3v) is 3.05. The molecule has 0 heterocycles. The van der Waals surface area contributed by atoms with Crippen LogP contribution in [0.25, 0.3) is 0 Å². The van der Waals surface area contributed by atoms with E-state index in [1.807, 2.05) is 30.3 Å². The van der Waals surface area contributed by atoms with Crippen LogP contribution in [0.1, 0.15) is 0 Å². The molecule has 4 nitrogen and oxygen atoms in total. The molecule has 0 fully saturated rings. The Bertz CT molecular complexity index is 591. The molecule has 0 aliphatic heterocycles. The molecule has 0 radical (unpaired) electrons. The van der Waals surface area contributed by atoms with Gasteiger partial charge >= 0.3 is 0 Å². The molecule has 1 N–H and O–H groups in total. The van der Waals surface area contributed by atoms with Crippen molar-refractivity contribution < 1.29 is 13.0 Å². The number of rotatable bonds is 3. The molecule has 0 unspecified atom stereocenters. The predicted octanol–water partition coefficient (Wildman–Crippen LogP) is 2.33. The number of anilines is 2. The number of benzene rings is 2. The highest BCUT2D eigenvalue weighted by Crippen LogP contribution is 2.18. The molecule has 0 bridgehead atoms. The van der Waals surface area contributed by atoms with Gasteiger partial charge in [-0.1, -0.05) is 18.2 Å². The summed E-state index contributed by atoms with van der Waals surface area (Å²) >= 11 is 0. The molecule has 5 heteroatoms. The quantitative estimate of drug-likeness (QED) is 0.846. The van der Waals surface area contributed by atoms with Gasteiger partial charge in [0.05, 0.1) is 4.90 Å². The topological polar surface area (TPSA) is 69.2 Å². The van der Waals surface area contributed by atoms with Crippen LogP contribution in [-0.2, 0) is 10.1 Å². The van der Waals surface area contributed by atoms with E-state index >= 15 is 0 Å². The van der Waals surface area contributed by atoms with Crippen molar-refractivity contribution in [3.8, 4) is 0 Å². The monoisotopic (exact) mass is 248 g/mol. The smallest absolute Gasteiger partial charge is 0.124 e. The highest BCUT2D eigenvalue weighted by Gasteiger charge is 2.00.